The van der Waals surface area contributed by atoms with E-state index in [0.29, 0.717) is 12.6 Å². The zero-order valence-corrected chi connectivity index (χ0v) is 11.3. The highest BCUT2D eigenvalue weighted by Gasteiger charge is 2.15. The van der Waals surface area contributed by atoms with Gasteiger partial charge in [-0.25, -0.2) is 0 Å². The van der Waals surface area contributed by atoms with Crippen LogP contribution in [0.4, 0.5) is 5.69 Å². The Hall–Kier alpha value is -1.35. The summed E-state index contributed by atoms with van der Waals surface area (Å²) in [4.78, 5) is 11.9. The topological polar surface area (TPSA) is 41.1 Å². The molecule has 0 aliphatic heterocycles. The fourth-order valence-electron chi connectivity index (χ4n) is 2.45. The van der Waals surface area contributed by atoms with Gasteiger partial charge < -0.3 is 10.6 Å². The van der Waals surface area contributed by atoms with Crippen molar-refractivity contribution in [1.82, 2.24) is 5.32 Å². The SMILES string of the molecule is Cc1cccc(NC(=O)CNC2CCCC2)c1C. The lowest BCUT2D eigenvalue weighted by Crippen LogP contribution is -2.34. The minimum Gasteiger partial charge on any atom is -0.325 e. The van der Waals surface area contributed by atoms with E-state index < -0.39 is 0 Å². The van der Waals surface area contributed by atoms with Crippen molar-refractivity contribution in [2.75, 3.05) is 11.9 Å². The molecule has 0 bridgehead atoms. The third kappa shape index (κ3) is 3.33. The number of aryl methyl sites for hydroxylation is 1. The monoisotopic (exact) mass is 246 g/mol. The average Bonchev–Trinajstić information content (AvgIpc) is 2.86. The highest BCUT2D eigenvalue weighted by Crippen LogP contribution is 2.18. The number of benzene rings is 1. The van der Waals surface area contributed by atoms with Crippen LogP contribution in [-0.4, -0.2) is 18.5 Å². The first kappa shape index (κ1) is 13.1. The van der Waals surface area contributed by atoms with Crippen LogP contribution in [0.2, 0.25) is 0 Å². The van der Waals surface area contributed by atoms with Gasteiger partial charge in [0.25, 0.3) is 0 Å². The summed E-state index contributed by atoms with van der Waals surface area (Å²) >= 11 is 0. The second-order valence-corrected chi connectivity index (χ2v) is 5.16. The minimum atomic E-state index is 0.0515. The number of rotatable bonds is 4. The van der Waals surface area contributed by atoms with Gasteiger partial charge in [-0.1, -0.05) is 25.0 Å². The van der Waals surface area contributed by atoms with Gasteiger partial charge >= 0.3 is 0 Å². The van der Waals surface area contributed by atoms with Gasteiger partial charge in [-0.2, -0.15) is 0 Å². The maximum atomic E-state index is 11.9. The number of amides is 1. The standard InChI is InChI=1S/C15H22N2O/c1-11-6-5-9-14(12(11)2)17-15(18)10-16-13-7-3-4-8-13/h5-6,9,13,16H,3-4,7-8,10H2,1-2H3,(H,17,18). The summed E-state index contributed by atoms with van der Waals surface area (Å²) in [6, 6.07) is 6.52. The van der Waals surface area contributed by atoms with E-state index in [9.17, 15) is 4.79 Å². The van der Waals surface area contributed by atoms with Crippen LogP contribution in [0.5, 0.6) is 0 Å². The first-order valence-electron chi connectivity index (χ1n) is 6.76. The summed E-state index contributed by atoms with van der Waals surface area (Å²) in [5.41, 5.74) is 3.27. The van der Waals surface area contributed by atoms with Gasteiger partial charge in [0.1, 0.15) is 0 Å². The molecule has 98 valence electrons. The molecule has 0 aromatic heterocycles. The van der Waals surface area contributed by atoms with Crippen molar-refractivity contribution < 1.29 is 4.79 Å². The Labute approximate surface area is 109 Å². The second kappa shape index (κ2) is 6.01. The van der Waals surface area contributed by atoms with Crippen LogP contribution in [-0.2, 0) is 4.79 Å². The zero-order chi connectivity index (χ0) is 13.0. The van der Waals surface area contributed by atoms with Gasteiger partial charge in [-0.15, -0.1) is 0 Å². The highest BCUT2D eigenvalue weighted by atomic mass is 16.1. The van der Waals surface area contributed by atoms with Crippen molar-refractivity contribution in [3.63, 3.8) is 0 Å². The van der Waals surface area contributed by atoms with E-state index in [4.69, 9.17) is 0 Å². The van der Waals surface area contributed by atoms with Crippen LogP contribution >= 0.6 is 0 Å². The van der Waals surface area contributed by atoms with Gasteiger partial charge in [0.15, 0.2) is 0 Å². The quantitative estimate of drug-likeness (QED) is 0.857. The van der Waals surface area contributed by atoms with Gasteiger partial charge in [-0.3, -0.25) is 4.79 Å². The number of anilines is 1. The molecule has 0 radical (unpaired) electrons. The number of carbonyl (C=O) groups excluding carboxylic acids is 1. The van der Waals surface area contributed by atoms with Crippen molar-refractivity contribution in [3.05, 3.63) is 29.3 Å². The molecule has 2 rings (SSSR count). The van der Waals surface area contributed by atoms with Crippen LogP contribution in [0.1, 0.15) is 36.8 Å². The van der Waals surface area contributed by atoms with Gasteiger partial charge in [-0.05, 0) is 43.9 Å². The molecular formula is C15H22N2O. The van der Waals surface area contributed by atoms with Crippen LogP contribution in [0, 0.1) is 13.8 Å². The van der Waals surface area contributed by atoms with E-state index in [1.807, 2.05) is 19.1 Å². The van der Waals surface area contributed by atoms with E-state index in [0.717, 1.165) is 11.3 Å². The molecule has 0 saturated heterocycles. The number of hydrogen-bond acceptors (Lipinski definition) is 2. The van der Waals surface area contributed by atoms with Gasteiger partial charge in [0.2, 0.25) is 5.91 Å². The molecular weight excluding hydrogens is 224 g/mol. The summed E-state index contributed by atoms with van der Waals surface area (Å²) in [6.07, 6.45) is 4.99. The molecule has 1 aliphatic carbocycles. The molecule has 1 saturated carbocycles. The Balaban J connectivity index is 1.84. The van der Waals surface area contributed by atoms with Crippen LogP contribution in [0.15, 0.2) is 18.2 Å². The molecule has 1 aromatic carbocycles. The molecule has 0 heterocycles. The smallest absolute Gasteiger partial charge is 0.238 e. The Morgan fingerprint density at radius 3 is 2.72 bits per heavy atom. The third-order valence-corrected chi connectivity index (χ3v) is 3.79. The average molecular weight is 246 g/mol. The molecule has 2 N–H and O–H groups in total. The largest absolute Gasteiger partial charge is 0.325 e. The Kier molecular flexibility index (Phi) is 4.37. The summed E-state index contributed by atoms with van der Waals surface area (Å²) in [5, 5.41) is 6.30. The van der Waals surface area contributed by atoms with E-state index in [1.165, 1.54) is 31.2 Å². The molecule has 1 amide bonds. The maximum Gasteiger partial charge on any atom is 0.238 e. The van der Waals surface area contributed by atoms with E-state index in [-0.39, 0.29) is 5.91 Å². The molecule has 18 heavy (non-hydrogen) atoms. The molecule has 0 unspecified atom stereocenters. The van der Waals surface area contributed by atoms with Crippen molar-refractivity contribution in [1.29, 1.82) is 0 Å². The zero-order valence-electron chi connectivity index (χ0n) is 11.3. The Bertz CT molecular complexity index is 423. The van der Waals surface area contributed by atoms with Crippen LogP contribution < -0.4 is 10.6 Å². The van der Waals surface area contributed by atoms with Gasteiger partial charge in [0, 0.05) is 11.7 Å². The lowest BCUT2D eigenvalue weighted by atomic mass is 10.1. The summed E-state index contributed by atoms with van der Waals surface area (Å²) in [6.45, 7) is 4.51. The lowest BCUT2D eigenvalue weighted by molar-refractivity contribution is -0.115. The fourth-order valence-corrected chi connectivity index (χ4v) is 2.45. The fraction of sp³-hybridized carbons (Fsp3) is 0.533. The van der Waals surface area contributed by atoms with Crippen LogP contribution in [0.25, 0.3) is 0 Å². The van der Waals surface area contributed by atoms with Gasteiger partial charge in [0.05, 0.1) is 6.54 Å². The molecule has 1 fully saturated rings. The first-order valence-corrected chi connectivity index (χ1v) is 6.76. The predicted molar refractivity (Wildman–Crippen MR) is 74.8 cm³/mol. The molecule has 0 atom stereocenters. The van der Waals surface area contributed by atoms with E-state index >= 15 is 0 Å². The van der Waals surface area contributed by atoms with E-state index in [1.54, 1.807) is 0 Å². The van der Waals surface area contributed by atoms with Crippen LogP contribution in [0.3, 0.4) is 0 Å². The highest BCUT2D eigenvalue weighted by molar-refractivity contribution is 5.93. The number of hydrogen-bond donors (Lipinski definition) is 2. The molecule has 1 aromatic rings. The summed E-state index contributed by atoms with van der Waals surface area (Å²) in [7, 11) is 0. The molecule has 0 spiro atoms. The third-order valence-electron chi connectivity index (χ3n) is 3.79. The molecule has 1 aliphatic rings. The molecule has 3 nitrogen and oxygen atoms in total. The number of nitrogens with one attached hydrogen (secondary N) is 2. The van der Waals surface area contributed by atoms with Crippen molar-refractivity contribution in [2.24, 2.45) is 0 Å². The van der Waals surface area contributed by atoms with Crippen molar-refractivity contribution in [2.45, 2.75) is 45.6 Å². The van der Waals surface area contributed by atoms with E-state index in [2.05, 4.69) is 23.6 Å². The summed E-state index contributed by atoms with van der Waals surface area (Å²) < 4.78 is 0. The van der Waals surface area contributed by atoms with Crippen molar-refractivity contribution >= 4 is 11.6 Å². The summed E-state index contributed by atoms with van der Waals surface area (Å²) in [5.74, 6) is 0.0515. The predicted octanol–water partition coefficient (Wildman–Crippen LogP) is 2.77. The number of carbonyl (C=O) groups is 1. The van der Waals surface area contributed by atoms with Crippen molar-refractivity contribution in [3.8, 4) is 0 Å². The second-order valence-electron chi connectivity index (χ2n) is 5.16. The molecule has 3 heteroatoms. The maximum absolute atomic E-state index is 11.9. The first-order chi connectivity index (χ1) is 8.66. The normalized spacial score (nSPS) is 15.9. The lowest BCUT2D eigenvalue weighted by Gasteiger charge is -2.13. The Morgan fingerprint density at radius 1 is 1.28 bits per heavy atom. The Morgan fingerprint density at radius 2 is 2.00 bits per heavy atom. The minimum absolute atomic E-state index is 0.0515.